The maximum absolute atomic E-state index is 14.9. The molecule has 3 aromatic rings. The molecule has 1 heterocycles. The zero-order valence-electron chi connectivity index (χ0n) is 19.8. The van der Waals surface area contributed by atoms with Gasteiger partial charge in [0.05, 0.1) is 11.5 Å². The molecule has 0 amide bonds. The predicted octanol–water partition coefficient (Wildman–Crippen LogP) is 6.59. The molecular weight excluding hydrogens is 551 g/mol. The number of nitrogens with zero attached hydrogens (tertiary/aromatic N) is 1. The predicted molar refractivity (Wildman–Crippen MR) is 136 cm³/mol. The molecule has 3 rings (SSSR count). The van der Waals surface area contributed by atoms with Crippen LogP contribution < -0.4 is 4.74 Å². The van der Waals surface area contributed by atoms with Crippen LogP contribution in [-0.2, 0) is 19.5 Å². The number of nitro groups is 1. The number of rotatable bonds is 9. The van der Waals surface area contributed by atoms with Crippen LogP contribution >= 0.6 is 30.7 Å². The zero-order chi connectivity index (χ0) is 27.6. The maximum atomic E-state index is 14.9. The van der Waals surface area contributed by atoms with E-state index in [0.29, 0.717) is 4.70 Å². The van der Waals surface area contributed by atoms with Gasteiger partial charge in [-0.3, -0.25) is 19.5 Å². The number of nitro benzene ring substituents is 1. The number of carbonyl (C=O) groups is 2. The average molecular weight is 574 g/mol. The number of thioether (sulfide) groups is 1. The van der Waals surface area contributed by atoms with E-state index in [0.717, 1.165) is 47.4 Å². The van der Waals surface area contributed by atoms with Gasteiger partial charge in [-0.15, -0.1) is 11.3 Å². The summed E-state index contributed by atoms with van der Waals surface area (Å²) in [5.41, 5.74) is -5.86. The quantitative estimate of drug-likeness (QED) is 0.0752. The van der Waals surface area contributed by atoms with Gasteiger partial charge in [0.25, 0.3) is 5.69 Å². The highest BCUT2D eigenvalue weighted by molar-refractivity contribution is 8.13. The van der Waals surface area contributed by atoms with E-state index in [2.05, 4.69) is 4.52 Å². The number of benzene rings is 2. The molecule has 0 aliphatic carbocycles. The molecule has 2 aromatic carbocycles. The Hall–Kier alpha value is -2.70. The van der Waals surface area contributed by atoms with E-state index >= 15 is 0 Å². The van der Waals surface area contributed by atoms with Crippen molar-refractivity contribution in [2.75, 3.05) is 12.4 Å². The minimum absolute atomic E-state index is 0.0565. The molecule has 9 nitrogen and oxygen atoms in total. The van der Waals surface area contributed by atoms with Gasteiger partial charge in [0.1, 0.15) is 10.6 Å². The zero-order valence-corrected chi connectivity index (χ0v) is 22.3. The number of hydrogen-bond acceptors (Lipinski definition) is 9. The van der Waals surface area contributed by atoms with Crippen LogP contribution in [0.25, 0.3) is 10.1 Å². The molecule has 0 spiro atoms. The monoisotopic (exact) mass is 573 g/mol. The first-order valence-electron chi connectivity index (χ1n) is 10.6. The molecule has 0 aliphatic heterocycles. The largest absolute Gasteiger partial charge is 0.422 e. The Balaban J connectivity index is 1.71. The number of carbonyl (C=O) groups excluding carboxylic acids is 2. The molecule has 1 N–H and O–H groups in total. The van der Waals surface area contributed by atoms with Gasteiger partial charge < -0.3 is 14.2 Å². The van der Waals surface area contributed by atoms with Crippen LogP contribution in [-0.4, -0.2) is 33.3 Å². The topological polar surface area (TPSA) is 133 Å². The van der Waals surface area contributed by atoms with E-state index in [4.69, 9.17) is 4.74 Å². The summed E-state index contributed by atoms with van der Waals surface area (Å²) in [6.07, 6.45) is 0. The first-order valence-corrected chi connectivity index (χ1v) is 14.0. The van der Waals surface area contributed by atoms with Crippen molar-refractivity contribution in [1.82, 2.24) is 0 Å². The van der Waals surface area contributed by atoms with Gasteiger partial charge in [0.15, 0.2) is 5.12 Å². The Kier molecular flexibility index (Phi) is 8.55. The van der Waals surface area contributed by atoms with Crippen molar-refractivity contribution in [2.24, 2.45) is 5.41 Å². The first-order chi connectivity index (χ1) is 17.1. The molecular formula is C23H22F2NO8PS2. The van der Waals surface area contributed by atoms with Crippen LogP contribution in [0.2, 0.25) is 0 Å². The third-order valence-corrected chi connectivity index (χ3v) is 8.71. The Bertz CT molecular complexity index is 1390. The van der Waals surface area contributed by atoms with Gasteiger partial charge in [-0.25, -0.2) is 4.79 Å². The molecule has 1 atom stereocenters. The van der Waals surface area contributed by atoms with E-state index in [9.17, 15) is 37.9 Å². The van der Waals surface area contributed by atoms with Gasteiger partial charge in [-0.05, 0) is 35.7 Å². The van der Waals surface area contributed by atoms with E-state index in [-0.39, 0.29) is 32.6 Å². The Morgan fingerprint density at radius 3 is 2.38 bits per heavy atom. The third kappa shape index (κ3) is 6.79. The fourth-order valence-electron chi connectivity index (χ4n) is 2.88. The molecule has 14 heteroatoms. The van der Waals surface area contributed by atoms with Crippen LogP contribution in [0, 0.1) is 15.5 Å². The molecule has 198 valence electrons. The van der Waals surface area contributed by atoms with Crippen molar-refractivity contribution in [3.63, 3.8) is 0 Å². The molecule has 0 saturated carbocycles. The minimum atomic E-state index is -5.46. The van der Waals surface area contributed by atoms with Gasteiger partial charge >= 0.3 is 19.2 Å². The number of thiophene rings is 1. The number of hydrogen-bond donors (Lipinski definition) is 1. The van der Waals surface area contributed by atoms with E-state index in [1.807, 2.05) is 0 Å². The summed E-state index contributed by atoms with van der Waals surface area (Å²) in [6, 6.07) is 9.36. The Morgan fingerprint density at radius 2 is 1.78 bits per heavy atom. The fourth-order valence-corrected chi connectivity index (χ4v) is 5.67. The summed E-state index contributed by atoms with van der Waals surface area (Å²) in [7, 11) is -5.46. The molecule has 0 radical (unpaired) electrons. The average Bonchev–Trinajstić information content (AvgIpc) is 3.25. The fraction of sp³-hybridized carbons (Fsp3) is 0.304. The van der Waals surface area contributed by atoms with Gasteiger partial charge in [0, 0.05) is 33.6 Å². The standard InChI is InChI=1S/C23H22F2NO8PS2/c1-22(2,3)21(28)36-11-10-33-35(31,32)23(24,25)15-4-9-18-14(12-15)13-19(37-18)20(27)34-17-7-5-16(6-8-17)26(29)30/h4-9,12-13H,10-11H2,1-3H3,(H,31,32). The smallest absolute Gasteiger partial charge is 0.401 e. The summed E-state index contributed by atoms with van der Waals surface area (Å²) in [4.78, 5) is 44.5. The lowest BCUT2D eigenvalue weighted by Gasteiger charge is -2.22. The molecule has 0 fully saturated rings. The number of alkyl halides is 2. The van der Waals surface area contributed by atoms with Crippen molar-refractivity contribution >= 4 is 57.6 Å². The van der Waals surface area contributed by atoms with Crippen LogP contribution in [0.1, 0.15) is 36.0 Å². The SMILES string of the molecule is CC(C)(C)C(=O)SCCOP(=O)(O)C(F)(F)c1ccc2sc(C(=O)Oc3ccc([N+](=O)[O-])cc3)cc2c1. The highest BCUT2D eigenvalue weighted by atomic mass is 32.2. The highest BCUT2D eigenvalue weighted by Crippen LogP contribution is 2.63. The van der Waals surface area contributed by atoms with Crippen molar-refractivity contribution in [3.05, 3.63) is 69.1 Å². The Labute approximate surface area is 218 Å². The summed E-state index contributed by atoms with van der Waals surface area (Å²) in [5.74, 6) is -0.816. The van der Waals surface area contributed by atoms with Crippen LogP contribution in [0.15, 0.2) is 48.5 Å². The lowest BCUT2D eigenvalue weighted by molar-refractivity contribution is -0.384. The van der Waals surface area contributed by atoms with Crippen LogP contribution in [0.5, 0.6) is 5.75 Å². The van der Waals surface area contributed by atoms with Crippen LogP contribution in [0.3, 0.4) is 0 Å². The summed E-state index contributed by atoms with van der Waals surface area (Å²) < 4.78 is 52.5. The number of esters is 1. The number of halogens is 2. The summed E-state index contributed by atoms with van der Waals surface area (Å²) in [5, 5.41) is 10.7. The van der Waals surface area contributed by atoms with Crippen LogP contribution in [0.4, 0.5) is 14.5 Å². The third-order valence-electron chi connectivity index (χ3n) is 4.87. The molecule has 0 aliphatic rings. The molecule has 1 unspecified atom stereocenters. The lowest BCUT2D eigenvalue weighted by Crippen LogP contribution is -2.19. The number of non-ortho nitro benzene ring substituents is 1. The van der Waals surface area contributed by atoms with Gasteiger partial charge in [-0.1, -0.05) is 38.6 Å². The molecule has 0 bridgehead atoms. The second kappa shape index (κ2) is 11.0. The normalized spacial score (nSPS) is 13.8. The van der Waals surface area contributed by atoms with Crippen molar-refractivity contribution in [3.8, 4) is 5.75 Å². The summed E-state index contributed by atoms with van der Waals surface area (Å²) in [6.45, 7) is 4.54. The molecule has 0 saturated heterocycles. The molecule has 37 heavy (non-hydrogen) atoms. The van der Waals surface area contributed by atoms with E-state index in [1.54, 1.807) is 20.8 Å². The van der Waals surface area contributed by atoms with Crippen molar-refractivity contribution < 1.29 is 42.0 Å². The van der Waals surface area contributed by atoms with E-state index in [1.165, 1.54) is 24.3 Å². The Morgan fingerprint density at radius 1 is 1.14 bits per heavy atom. The minimum Gasteiger partial charge on any atom is -0.422 e. The maximum Gasteiger partial charge on any atom is 0.401 e. The van der Waals surface area contributed by atoms with Crippen molar-refractivity contribution in [2.45, 2.75) is 26.4 Å². The number of fused-ring (bicyclic) bond motifs is 1. The lowest BCUT2D eigenvalue weighted by atomic mass is 10.00. The van der Waals surface area contributed by atoms with Gasteiger partial charge in [0.2, 0.25) is 0 Å². The van der Waals surface area contributed by atoms with E-state index < -0.39 is 41.7 Å². The van der Waals surface area contributed by atoms with Crippen molar-refractivity contribution in [1.29, 1.82) is 0 Å². The summed E-state index contributed by atoms with van der Waals surface area (Å²) >= 11 is 1.78. The first kappa shape index (κ1) is 28.9. The second-order valence-corrected chi connectivity index (χ2v) is 12.8. The highest BCUT2D eigenvalue weighted by Gasteiger charge is 2.52. The molecule has 1 aromatic heterocycles. The van der Waals surface area contributed by atoms with Gasteiger partial charge in [-0.2, -0.15) is 8.78 Å². The number of ether oxygens (including phenoxy) is 1. The second-order valence-electron chi connectivity index (χ2n) is 8.78.